The lowest BCUT2D eigenvalue weighted by Crippen LogP contribution is -2.57. The van der Waals surface area contributed by atoms with Crippen LogP contribution in [0.3, 0.4) is 0 Å². The predicted octanol–water partition coefficient (Wildman–Crippen LogP) is 0.585. The zero-order chi connectivity index (χ0) is 13.8. The molecule has 0 radical (unpaired) electrons. The average Bonchev–Trinajstić information content (AvgIpc) is 2.44. The molecule has 0 saturated carbocycles. The highest BCUT2D eigenvalue weighted by atomic mass is 16.5. The minimum Gasteiger partial charge on any atom is -0.497 e. The molecule has 1 unspecified atom stereocenters. The van der Waals surface area contributed by atoms with Gasteiger partial charge in [0, 0.05) is 6.54 Å². The van der Waals surface area contributed by atoms with Crippen LogP contribution in [0.4, 0.5) is 0 Å². The minimum absolute atomic E-state index is 0.0272. The van der Waals surface area contributed by atoms with Gasteiger partial charge in [0.25, 0.3) is 0 Å². The molecule has 1 aromatic carbocycles. The van der Waals surface area contributed by atoms with E-state index in [1.807, 2.05) is 24.3 Å². The topological polar surface area (TPSA) is 58.6 Å². The molecule has 0 spiro atoms. The Kier molecular flexibility index (Phi) is 4.04. The van der Waals surface area contributed by atoms with Gasteiger partial charge in [0.05, 0.1) is 13.7 Å². The second-order valence-electron chi connectivity index (χ2n) is 4.58. The first kappa shape index (κ1) is 13.4. The molecule has 1 fully saturated rings. The molecule has 1 heterocycles. The van der Waals surface area contributed by atoms with E-state index in [1.165, 1.54) is 0 Å². The normalized spacial score (nSPS) is 19.3. The summed E-state index contributed by atoms with van der Waals surface area (Å²) in [5.74, 6) is 0.695. The zero-order valence-corrected chi connectivity index (χ0v) is 11.2. The Morgan fingerprint density at radius 2 is 2.00 bits per heavy atom. The molecular weight excluding hydrogens is 244 g/mol. The van der Waals surface area contributed by atoms with Crippen LogP contribution >= 0.6 is 0 Å². The van der Waals surface area contributed by atoms with Crippen LogP contribution in [-0.2, 0) is 16.0 Å². The number of rotatable bonds is 4. The first-order chi connectivity index (χ1) is 9.11. The maximum atomic E-state index is 11.8. The largest absolute Gasteiger partial charge is 0.497 e. The van der Waals surface area contributed by atoms with E-state index in [9.17, 15) is 9.59 Å². The first-order valence-electron chi connectivity index (χ1n) is 6.32. The molecule has 2 amide bonds. The monoisotopic (exact) mass is 262 g/mol. The molecule has 1 atom stereocenters. The summed E-state index contributed by atoms with van der Waals surface area (Å²) >= 11 is 0. The van der Waals surface area contributed by atoms with Crippen LogP contribution in [0.15, 0.2) is 24.3 Å². The summed E-state index contributed by atoms with van der Waals surface area (Å²) in [6.45, 7) is 2.41. The Morgan fingerprint density at radius 3 is 2.63 bits per heavy atom. The molecule has 5 heteroatoms. The summed E-state index contributed by atoms with van der Waals surface area (Å²) in [4.78, 5) is 24.9. The molecule has 19 heavy (non-hydrogen) atoms. The number of carbonyl (C=O) groups excluding carboxylic acids is 2. The molecular formula is C14H18N2O3. The maximum absolute atomic E-state index is 11.8. The van der Waals surface area contributed by atoms with Gasteiger partial charge in [-0.15, -0.1) is 0 Å². The van der Waals surface area contributed by atoms with E-state index in [4.69, 9.17) is 4.74 Å². The van der Waals surface area contributed by atoms with E-state index in [0.717, 1.165) is 17.7 Å². The van der Waals surface area contributed by atoms with Crippen LogP contribution in [0.25, 0.3) is 0 Å². The van der Waals surface area contributed by atoms with Gasteiger partial charge in [-0.1, -0.05) is 12.1 Å². The molecule has 0 aromatic heterocycles. The molecule has 1 N–H and O–H groups in total. The highest BCUT2D eigenvalue weighted by molar-refractivity contribution is 5.94. The summed E-state index contributed by atoms with van der Waals surface area (Å²) in [6, 6.07) is 7.34. The summed E-state index contributed by atoms with van der Waals surface area (Å²) in [6.07, 6.45) is 0.730. The lowest BCUT2D eigenvalue weighted by Gasteiger charge is -2.32. The number of nitrogens with zero attached hydrogens (tertiary/aromatic N) is 1. The number of ether oxygens (including phenoxy) is 1. The van der Waals surface area contributed by atoms with Crippen molar-refractivity contribution in [3.05, 3.63) is 29.8 Å². The van der Waals surface area contributed by atoms with E-state index < -0.39 is 0 Å². The van der Waals surface area contributed by atoms with E-state index >= 15 is 0 Å². The van der Waals surface area contributed by atoms with Crippen LogP contribution in [0.1, 0.15) is 12.5 Å². The van der Waals surface area contributed by atoms with E-state index in [-0.39, 0.29) is 24.4 Å². The standard InChI is InChI=1S/C14H18N2O3/c1-10-14(18)15-9-13(17)16(10)8-7-11-3-5-12(19-2)6-4-11/h3-6,10H,7-9H2,1-2H3,(H,15,18). The summed E-state index contributed by atoms with van der Waals surface area (Å²) in [5, 5.41) is 2.58. The Bertz CT molecular complexity index is 470. The summed E-state index contributed by atoms with van der Waals surface area (Å²) < 4.78 is 5.09. The van der Waals surface area contributed by atoms with Gasteiger partial charge in [-0.2, -0.15) is 0 Å². The second kappa shape index (κ2) is 5.73. The van der Waals surface area contributed by atoms with Crippen LogP contribution in [-0.4, -0.2) is 43.0 Å². The maximum Gasteiger partial charge on any atom is 0.242 e. The van der Waals surface area contributed by atoms with Crippen molar-refractivity contribution in [2.75, 3.05) is 20.2 Å². The second-order valence-corrected chi connectivity index (χ2v) is 4.58. The highest BCUT2D eigenvalue weighted by Gasteiger charge is 2.30. The number of nitrogens with one attached hydrogen (secondary N) is 1. The molecule has 1 aliphatic heterocycles. The number of amides is 2. The molecule has 5 nitrogen and oxygen atoms in total. The van der Waals surface area contributed by atoms with Crippen molar-refractivity contribution >= 4 is 11.8 Å². The molecule has 1 aromatic rings. The third-order valence-corrected chi connectivity index (χ3v) is 3.38. The molecule has 102 valence electrons. The number of methoxy groups -OCH3 is 1. The highest BCUT2D eigenvalue weighted by Crippen LogP contribution is 2.13. The lowest BCUT2D eigenvalue weighted by molar-refractivity contribution is -0.144. The van der Waals surface area contributed by atoms with Crippen LogP contribution in [0, 0.1) is 0 Å². The van der Waals surface area contributed by atoms with Crippen LogP contribution in [0.2, 0.25) is 0 Å². The van der Waals surface area contributed by atoms with E-state index in [1.54, 1.807) is 18.9 Å². The van der Waals surface area contributed by atoms with Crippen LogP contribution in [0.5, 0.6) is 5.75 Å². The zero-order valence-electron chi connectivity index (χ0n) is 11.2. The van der Waals surface area contributed by atoms with Gasteiger partial charge in [0.2, 0.25) is 11.8 Å². The summed E-state index contributed by atoms with van der Waals surface area (Å²) in [5.41, 5.74) is 1.12. The first-order valence-corrected chi connectivity index (χ1v) is 6.32. The third kappa shape index (κ3) is 3.05. The number of piperazine rings is 1. The Balaban J connectivity index is 1.96. The van der Waals surface area contributed by atoms with Crippen molar-refractivity contribution in [3.63, 3.8) is 0 Å². The fraction of sp³-hybridized carbons (Fsp3) is 0.429. The lowest BCUT2D eigenvalue weighted by atomic mass is 10.1. The fourth-order valence-electron chi connectivity index (χ4n) is 2.13. The fourth-order valence-corrected chi connectivity index (χ4v) is 2.13. The Morgan fingerprint density at radius 1 is 1.32 bits per heavy atom. The van der Waals surface area contributed by atoms with Gasteiger partial charge in [0.1, 0.15) is 11.8 Å². The van der Waals surface area contributed by atoms with Crippen molar-refractivity contribution < 1.29 is 14.3 Å². The number of benzene rings is 1. The van der Waals surface area contributed by atoms with E-state index in [0.29, 0.717) is 6.54 Å². The van der Waals surface area contributed by atoms with Crippen molar-refractivity contribution in [2.24, 2.45) is 0 Å². The van der Waals surface area contributed by atoms with E-state index in [2.05, 4.69) is 5.32 Å². The molecule has 2 rings (SSSR count). The smallest absolute Gasteiger partial charge is 0.242 e. The van der Waals surface area contributed by atoms with Gasteiger partial charge in [0.15, 0.2) is 0 Å². The van der Waals surface area contributed by atoms with Gasteiger partial charge < -0.3 is 15.0 Å². The number of carbonyl (C=O) groups is 2. The van der Waals surface area contributed by atoms with Gasteiger partial charge >= 0.3 is 0 Å². The third-order valence-electron chi connectivity index (χ3n) is 3.38. The average molecular weight is 262 g/mol. The Hall–Kier alpha value is -2.04. The quantitative estimate of drug-likeness (QED) is 0.863. The minimum atomic E-state index is -0.389. The van der Waals surface area contributed by atoms with Crippen molar-refractivity contribution in [2.45, 2.75) is 19.4 Å². The Labute approximate surface area is 112 Å². The molecule has 0 bridgehead atoms. The van der Waals surface area contributed by atoms with Gasteiger partial charge in [-0.25, -0.2) is 0 Å². The predicted molar refractivity (Wildman–Crippen MR) is 70.9 cm³/mol. The molecule has 1 aliphatic rings. The molecule has 1 saturated heterocycles. The molecule has 0 aliphatic carbocycles. The van der Waals surface area contributed by atoms with Gasteiger partial charge in [-0.3, -0.25) is 9.59 Å². The SMILES string of the molecule is COc1ccc(CCN2C(=O)CNC(=O)C2C)cc1. The van der Waals surface area contributed by atoms with Crippen LogP contribution < -0.4 is 10.1 Å². The van der Waals surface area contributed by atoms with Gasteiger partial charge in [-0.05, 0) is 31.0 Å². The van der Waals surface area contributed by atoms with Crippen molar-refractivity contribution in [3.8, 4) is 5.75 Å². The number of hydrogen-bond donors (Lipinski definition) is 1. The van der Waals surface area contributed by atoms with Crippen molar-refractivity contribution in [1.82, 2.24) is 10.2 Å². The van der Waals surface area contributed by atoms with Crippen molar-refractivity contribution in [1.29, 1.82) is 0 Å². The number of hydrogen-bond acceptors (Lipinski definition) is 3. The summed E-state index contributed by atoms with van der Waals surface area (Å²) in [7, 11) is 1.63.